The van der Waals surface area contributed by atoms with E-state index in [1.54, 1.807) is 25.2 Å². The highest BCUT2D eigenvalue weighted by atomic mass is 16.6. The predicted octanol–water partition coefficient (Wildman–Crippen LogP) is 0.537. The largest absolute Gasteiger partial charge is 0.486 e. The number of ether oxygens (including phenoxy) is 3. The van der Waals surface area contributed by atoms with Gasteiger partial charge in [-0.25, -0.2) is 0 Å². The highest BCUT2D eigenvalue weighted by Gasteiger charge is 2.19. The van der Waals surface area contributed by atoms with Gasteiger partial charge in [0, 0.05) is 26.3 Å². The van der Waals surface area contributed by atoms with E-state index in [9.17, 15) is 9.90 Å². The maximum Gasteiger partial charge on any atom is 0.253 e. The van der Waals surface area contributed by atoms with Crippen LogP contribution in [0.2, 0.25) is 0 Å². The maximum absolute atomic E-state index is 12.2. The fraction of sp³-hybridized carbons (Fsp3) is 0.500. The first-order valence-corrected chi connectivity index (χ1v) is 6.44. The van der Waals surface area contributed by atoms with Crippen LogP contribution in [0.15, 0.2) is 18.2 Å². The van der Waals surface area contributed by atoms with Crippen LogP contribution < -0.4 is 9.47 Å². The molecule has 1 amide bonds. The molecular weight excluding hydrogens is 262 g/mol. The third-order valence-electron chi connectivity index (χ3n) is 2.98. The van der Waals surface area contributed by atoms with Crippen LogP contribution in [0.25, 0.3) is 0 Å². The van der Waals surface area contributed by atoms with Crippen molar-refractivity contribution in [3.63, 3.8) is 0 Å². The summed E-state index contributed by atoms with van der Waals surface area (Å²) in [5, 5.41) is 9.64. The number of hydrogen-bond donors (Lipinski definition) is 1. The molecule has 1 aromatic rings. The SMILES string of the molecule is COCC(O)CN(C)C(=O)c1ccc2c(c1)OCCO2. The number of aliphatic hydroxyl groups excluding tert-OH is 1. The van der Waals surface area contributed by atoms with Crippen molar-refractivity contribution in [3.8, 4) is 11.5 Å². The molecule has 0 radical (unpaired) electrons. The van der Waals surface area contributed by atoms with Crippen molar-refractivity contribution in [2.75, 3.05) is 40.5 Å². The van der Waals surface area contributed by atoms with Gasteiger partial charge in [-0.3, -0.25) is 4.79 Å². The number of fused-ring (bicyclic) bond motifs is 1. The average Bonchev–Trinajstić information content (AvgIpc) is 2.46. The molecule has 20 heavy (non-hydrogen) atoms. The molecule has 1 aliphatic rings. The monoisotopic (exact) mass is 281 g/mol. The molecule has 6 nitrogen and oxygen atoms in total. The predicted molar refractivity (Wildman–Crippen MR) is 72.3 cm³/mol. The van der Waals surface area contributed by atoms with Gasteiger partial charge in [-0.05, 0) is 18.2 Å². The minimum atomic E-state index is -0.703. The van der Waals surface area contributed by atoms with E-state index in [1.807, 2.05) is 0 Å². The summed E-state index contributed by atoms with van der Waals surface area (Å²) in [4.78, 5) is 13.7. The van der Waals surface area contributed by atoms with Gasteiger partial charge in [-0.2, -0.15) is 0 Å². The fourth-order valence-electron chi connectivity index (χ4n) is 2.04. The van der Waals surface area contributed by atoms with Gasteiger partial charge in [-0.1, -0.05) is 0 Å². The number of carbonyl (C=O) groups is 1. The maximum atomic E-state index is 12.2. The Hall–Kier alpha value is -1.79. The Labute approximate surface area is 117 Å². The molecule has 0 saturated carbocycles. The molecule has 1 heterocycles. The van der Waals surface area contributed by atoms with E-state index in [2.05, 4.69) is 0 Å². The third kappa shape index (κ3) is 3.40. The van der Waals surface area contributed by atoms with E-state index >= 15 is 0 Å². The highest BCUT2D eigenvalue weighted by Crippen LogP contribution is 2.31. The van der Waals surface area contributed by atoms with Crippen LogP contribution in [-0.2, 0) is 4.74 Å². The molecule has 0 aromatic heterocycles. The summed E-state index contributed by atoms with van der Waals surface area (Å²) in [6.07, 6.45) is -0.703. The van der Waals surface area contributed by atoms with Crippen molar-refractivity contribution < 1.29 is 24.1 Å². The lowest BCUT2D eigenvalue weighted by molar-refractivity contribution is 0.0380. The van der Waals surface area contributed by atoms with Crippen molar-refractivity contribution in [1.29, 1.82) is 0 Å². The van der Waals surface area contributed by atoms with Gasteiger partial charge in [0.1, 0.15) is 13.2 Å². The fourth-order valence-corrected chi connectivity index (χ4v) is 2.04. The Morgan fingerprint density at radius 2 is 2.10 bits per heavy atom. The molecule has 0 spiro atoms. The zero-order valence-corrected chi connectivity index (χ0v) is 11.7. The Bertz CT molecular complexity index is 477. The van der Waals surface area contributed by atoms with Crippen molar-refractivity contribution in [2.45, 2.75) is 6.10 Å². The van der Waals surface area contributed by atoms with Crippen LogP contribution in [0.3, 0.4) is 0 Å². The van der Waals surface area contributed by atoms with Gasteiger partial charge in [0.15, 0.2) is 11.5 Å². The first-order valence-electron chi connectivity index (χ1n) is 6.44. The van der Waals surface area contributed by atoms with Gasteiger partial charge >= 0.3 is 0 Å². The molecule has 0 saturated heterocycles. The van der Waals surface area contributed by atoms with Gasteiger partial charge in [0.05, 0.1) is 12.7 Å². The molecule has 1 atom stereocenters. The van der Waals surface area contributed by atoms with Crippen LogP contribution in [0.1, 0.15) is 10.4 Å². The molecule has 6 heteroatoms. The van der Waals surface area contributed by atoms with Crippen LogP contribution in [0, 0.1) is 0 Å². The number of aliphatic hydroxyl groups is 1. The summed E-state index contributed by atoms with van der Waals surface area (Å²) in [6.45, 7) is 1.40. The van der Waals surface area contributed by atoms with Crippen LogP contribution in [0.5, 0.6) is 11.5 Å². The Morgan fingerprint density at radius 3 is 2.80 bits per heavy atom. The lowest BCUT2D eigenvalue weighted by Crippen LogP contribution is -2.36. The number of nitrogens with zero attached hydrogens (tertiary/aromatic N) is 1. The molecule has 1 N–H and O–H groups in total. The number of hydrogen-bond acceptors (Lipinski definition) is 5. The minimum absolute atomic E-state index is 0.183. The topological polar surface area (TPSA) is 68.2 Å². The number of likely N-dealkylation sites (N-methyl/N-ethyl adjacent to an activating group) is 1. The van der Waals surface area contributed by atoms with Gasteiger partial charge in [0.2, 0.25) is 0 Å². The quantitative estimate of drug-likeness (QED) is 0.853. The summed E-state index contributed by atoms with van der Waals surface area (Å²) in [7, 11) is 3.14. The number of rotatable bonds is 5. The Kier molecular flexibility index (Phi) is 4.81. The minimum Gasteiger partial charge on any atom is -0.486 e. The molecule has 1 aliphatic heterocycles. The second-order valence-electron chi connectivity index (χ2n) is 4.65. The molecule has 0 aliphatic carbocycles. The first kappa shape index (κ1) is 14.6. The number of benzene rings is 1. The molecule has 1 unspecified atom stereocenters. The molecule has 0 bridgehead atoms. The van der Waals surface area contributed by atoms with E-state index in [0.717, 1.165) is 0 Å². The number of methoxy groups -OCH3 is 1. The molecule has 2 rings (SSSR count). The average molecular weight is 281 g/mol. The highest BCUT2D eigenvalue weighted by molar-refractivity contribution is 5.94. The van der Waals surface area contributed by atoms with E-state index in [1.165, 1.54) is 12.0 Å². The van der Waals surface area contributed by atoms with E-state index < -0.39 is 6.10 Å². The van der Waals surface area contributed by atoms with Gasteiger partial charge in [0.25, 0.3) is 5.91 Å². The summed E-state index contributed by atoms with van der Waals surface area (Å²) in [6, 6.07) is 5.08. The summed E-state index contributed by atoms with van der Waals surface area (Å²) in [5.41, 5.74) is 0.501. The van der Waals surface area contributed by atoms with Crippen LogP contribution in [-0.4, -0.2) is 62.5 Å². The molecule has 1 aromatic carbocycles. The molecule has 0 fully saturated rings. The Morgan fingerprint density at radius 1 is 1.40 bits per heavy atom. The zero-order valence-electron chi connectivity index (χ0n) is 11.7. The van der Waals surface area contributed by atoms with Gasteiger partial charge < -0.3 is 24.2 Å². The van der Waals surface area contributed by atoms with Crippen molar-refractivity contribution in [2.24, 2.45) is 0 Å². The second kappa shape index (κ2) is 6.58. The van der Waals surface area contributed by atoms with Crippen molar-refractivity contribution in [3.05, 3.63) is 23.8 Å². The zero-order chi connectivity index (χ0) is 14.5. The van der Waals surface area contributed by atoms with Crippen molar-refractivity contribution >= 4 is 5.91 Å². The first-order chi connectivity index (χ1) is 9.61. The summed E-state index contributed by atoms with van der Waals surface area (Å²) < 4.78 is 15.7. The normalized spacial score (nSPS) is 14.8. The summed E-state index contributed by atoms with van der Waals surface area (Å²) in [5.74, 6) is 1.04. The smallest absolute Gasteiger partial charge is 0.253 e. The molecular formula is C14H19NO5. The van der Waals surface area contributed by atoms with Crippen molar-refractivity contribution in [1.82, 2.24) is 4.90 Å². The summed E-state index contributed by atoms with van der Waals surface area (Å²) >= 11 is 0. The number of carbonyl (C=O) groups excluding carboxylic acids is 1. The van der Waals surface area contributed by atoms with E-state index in [-0.39, 0.29) is 19.1 Å². The lowest BCUT2D eigenvalue weighted by atomic mass is 10.1. The Balaban J connectivity index is 2.05. The lowest BCUT2D eigenvalue weighted by Gasteiger charge is -2.22. The van der Waals surface area contributed by atoms with Gasteiger partial charge in [-0.15, -0.1) is 0 Å². The number of amides is 1. The van der Waals surface area contributed by atoms with E-state index in [4.69, 9.17) is 14.2 Å². The third-order valence-corrected chi connectivity index (χ3v) is 2.98. The standard InChI is InChI=1S/C14H19NO5/c1-15(8-11(16)9-18-2)14(17)10-3-4-12-13(7-10)20-6-5-19-12/h3-4,7,11,16H,5-6,8-9H2,1-2H3. The van der Waals surface area contributed by atoms with Crippen LogP contribution >= 0.6 is 0 Å². The second-order valence-corrected chi connectivity index (χ2v) is 4.65. The van der Waals surface area contributed by atoms with Crippen LogP contribution in [0.4, 0.5) is 0 Å². The molecule has 110 valence electrons. The van der Waals surface area contributed by atoms with E-state index in [0.29, 0.717) is 30.3 Å².